The Morgan fingerprint density at radius 1 is 1.00 bits per heavy atom. The zero-order valence-corrected chi connectivity index (χ0v) is 22.3. The number of carbonyl (C=O) groups excluding carboxylic acids is 2. The fraction of sp³-hybridized carbons (Fsp3) is 0.786. The Kier molecular flexibility index (Phi) is 8.08. The minimum atomic E-state index is -0.340. The number of esters is 1. The molecule has 5 nitrogen and oxygen atoms in total. The van der Waals surface area contributed by atoms with E-state index in [0.717, 1.165) is 57.1 Å². The van der Waals surface area contributed by atoms with Crippen molar-refractivity contribution in [2.45, 2.75) is 116 Å². The molecule has 0 unspecified atom stereocenters. The molecule has 0 aromatic carbocycles. The fourth-order valence-electron chi connectivity index (χ4n) is 6.22. The molecular formula is C28H43NO4S. The van der Waals surface area contributed by atoms with Crippen LogP contribution in [0.4, 0.5) is 5.69 Å². The van der Waals surface area contributed by atoms with Crippen molar-refractivity contribution in [3.63, 3.8) is 0 Å². The summed E-state index contributed by atoms with van der Waals surface area (Å²) >= 11 is 1.54. The Bertz CT molecular complexity index is 852. The third kappa shape index (κ3) is 5.70. The first-order valence-electron chi connectivity index (χ1n) is 13.4. The summed E-state index contributed by atoms with van der Waals surface area (Å²) in [5.41, 5.74) is 1.15. The number of rotatable bonds is 5. The molecule has 34 heavy (non-hydrogen) atoms. The Balaban J connectivity index is 1.68. The first-order valence-corrected chi connectivity index (χ1v) is 14.2. The summed E-state index contributed by atoms with van der Waals surface area (Å²) in [6.07, 6.45) is 11.3. The van der Waals surface area contributed by atoms with E-state index in [1.807, 2.05) is 4.90 Å². The minimum Gasteiger partial charge on any atom is -0.465 e. The van der Waals surface area contributed by atoms with E-state index < -0.39 is 0 Å². The van der Waals surface area contributed by atoms with Crippen LogP contribution in [0.5, 0.6) is 0 Å². The lowest BCUT2D eigenvalue weighted by atomic mass is 9.73. The van der Waals surface area contributed by atoms with Crippen molar-refractivity contribution < 1.29 is 19.4 Å². The maximum atomic E-state index is 14.0. The lowest BCUT2D eigenvalue weighted by molar-refractivity contribution is -0.124. The predicted molar refractivity (Wildman–Crippen MR) is 138 cm³/mol. The number of thiophene rings is 1. The maximum Gasteiger partial charge on any atom is 0.350 e. The standard InChI is InChI=1S/C28H43NO4S/c1-18-5-7-20(8-6-18)26(31)29(21-9-11-22(30)12-10-21)23-17-24(34-25(23)27(32)33-4)19-13-15-28(2,3)16-14-19/h17-22,30H,5-16H2,1-4H3/t18-,20-,21-,22+. The molecular weight excluding hydrogens is 446 g/mol. The summed E-state index contributed by atoms with van der Waals surface area (Å²) in [5.74, 6) is 0.973. The lowest BCUT2D eigenvalue weighted by Gasteiger charge is -2.39. The molecule has 3 aliphatic carbocycles. The molecule has 0 bridgehead atoms. The molecule has 0 saturated heterocycles. The molecule has 0 aliphatic heterocycles. The van der Waals surface area contributed by atoms with Gasteiger partial charge in [-0.05, 0) is 100 Å². The van der Waals surface area contributed by atoms with E-state index in [0.29, 0.717) is 35.0 Å². The number of methoxy groups -OCH3 is 1. The summed E-state index contributed by atoms with van der Waals surface area (Å²) in [6, 6.07) is 2.18. The summed E-state index contributed by atoms with van der Waals surface area (Å²) in [7, 11) is 1.43. The lowest BCUT2D eigenvalue weighted by Crippen LogP contribution is -2.47. The normalized spacial score (nSPS) is 30.0. The average molecular weight is 490 g/mol. The van der Waals surface area contributed by atoms with Gasteiger partial charge in [-0.3, -0.25) is 4.79 Å². The van der Waals surface area contributed by atoms with Crippen molar-refractivity contribution in [1.82, 2.24) is 0 Å². The highest BCUT2D eigenvalue weighted by atomic mass is 32.1. The van der Waals surface area contributed by atoms with Crippen LogP contribution in [-0.4, -0.2) is 36.2 Å². The second-order valence-electron chi connectivity index (χ2n) is 11.9. The van der Waals surface area contributed by atoms with Gasteiger partial charge in [-0.25, -0.2) is 4.79 Å². The second-order valence-corrected chi connectivity index (χ2v) is 13.0. The molecule has 3 aliphatic rings. The molecule has 1 N–H and O–H groups in total. The average Bonchev–Trinajstić information content (AvgIpc) is 3.25. The van der Waals surface area contributed by atoms with Gasteiger partial charge in [0.05, 0.1) is 18.9 Å². The number of anilines is 1. The van der Waals surface area contributed by atoms with Crippen LogP contribution >= 0.6 is 11.3 Å². The number of hydrogen-bond donors (Lipinski definition) is 1. The highest BCUT2D eigenvalue weighted by Crippen LogP contribution is 2.47. The third-order valence-corrected chi connectivity index (χ3v) is 10.0. The number of amides is 1. The van der Waals surface area contributed by atoms with Gasteiger partial charge in [0.1, 0.15) is 4.88 Å². The topological polar surface area (TPSA) is 66.8 Å². The quantitative estimate of drug-likeness (QED) is 0.468. The summed E-state index contributed by atoms with van der Waals surface area (Å²) < 4.78 is 5.20. The van der Waals surface area contributed by atoms with E-state index in [4.69, 9.17) is 4.74 Å². The van der Waals surface area contributed by atoms with E-state index in [2.05, 4.69) is 26.8 Å². The van der Waals surface area contributed by atoms with Crippen LogP contribution < -0.4 is 4.90 Å². The molecule has 3 saturated carbocycles. The second kappa shape index (κ2) is 10.7. The molecule has 190 valence electrons. The van der Waals surface area contributed by atoms with Crippen molar-refractivity contribution in [3.05, 3.63) is 15.8 Å². The van der Waals surface area contributed by atoms with Gasteiger partial charge in [-0.15, -0.1) is 11.3 Å². The molecule has 6 heteroatoms. The predicted octanol–water partition coefficient (Wildman–Crippen LogP) is 6.68. The molecule has 1 aromatic heterocycles. The molecule has 1 aromatic rings. The van der Waals surface area contributed by atoms with Crippen molar-refractivity contribution in [2.75, 3.05) is 12.0 Å². The molecule has 0 spiro atoms. The Morgan fingerprint density at radius 3 is 2.21 bits per heavy atom. The molecule has 4 rings (SSSR count). The van der Waals surface area contributed by atoms with Gasteiger partial charge in [0.2, 0.25) is 5.91 Å². The third-order valence-electron chi connectivity index (χ3n) is 8.74. The van der Waals surface area contributed by atoms with Crippen molar-refractivity contribution in [2.24, 2.45) is 17.3 Å². The molecule has 0 radical (unpaired) electrons. The molecule has 1 amide bonds. The van der Waals surface area contributed by atoms with Crippen LogP contribution in [0.2, 0.25) is 0 Å². The molecule has 3 fully saturated rings. The smallest absolute Gasteiger partial charge is 0.350 e. The highest BCUT2D eigenvalue weighted by molar-refractivity contribution is 7.14. The van der Waals surface area contributed by atoms with Gasteiger partial charge < -0.3 is 14.7 Å². The first kappa shape index (κ1) is 25.7. The Hall–Kier alpha value is -1.40. The van der Waals surface area contributed by atoms with Crippen LogP contribution in [0.25, 0.3) is 0 Å². The molecule has 0 atom stereocenters. The van der Waals surface area contributed by atoms with Gasteiger partial charge >= 0.3 is 5.97 Å². The summed E-state index contributed by atoms with van der Waals surface area (Å²) in [5, 5.41) is 10.1. The van der Waals surface area contributed by atoms with Crippen LogP contribution in [0.1, 0.15) is 118 Å². The van der Waals surface area contributed by atoms with Crippen LogP contribution in [-0.2, 0) is 9.53 Å². The molecule has 1 heterocycles. The van der Waals surface area contributed by atoms with Crippen LogP contribution in [0, 0.1) is 17.3 Å². The van der Waals surface area contributed by atoms with E-state index in [9.17, 15) is 14.7 Å². The highest BCUT2D eigenvalue weighted by Gasteiger charge is 2.38. The Labute approximate surface area is 209 Å². The van der Waals surface area contributed by atoms with Gasteiger partial charge in [-0.2, -0.15) is 0 Å². The minimum absolute atomic E-state index is 0.0207. The Morgan fingerprint density at radius 2 is 1.62 bits per heavy atom. The number of hydrogen-bond acceptors (Lipinski definition) is 5. The zero-order chi connectivity index (χ0) is 24.5. The van der Waals surface area contributed by atoms with Crippen LogP contribution in [0.15, 0.2) is 6.07 Å². The zero-order valence-electron chi connectivity index (χ0n) is 21.5. The van der Waals surface area contributed by atoms with E-state index in [-0.39, 0.29) is 29.9 Å². The summed E-state index contributed by atoms with van der Waals surface area (Å²) in [4.78, 5) is 30.7. The first-order chi connectivity index (χ1) is 16.2. The van der Waals surface area contributed by atoms with Crippen molar-refractivity contribution >= 4 is 28.9 Å². The SMILES string of the molecule is COC(=O)c1sc(C2CCC(C)(C)CC2)cc1N(C(=O)[C@H]1CC[C@H](C)CC1)[C@H]1CC[C@@H](O)CC1. The fourth-order valence-corrected chi connectivity index (χ4v) is 7.46. The van der Waals surface area contributed by atoms with Crippen LogP contribution in [0.3, 0.4) is 0 Å². The van der Waals surface area contributed by atoms with E-state index >= 15 is 0 Å². The largest absolute Gasteiger partial charge is 0.465 e. The number of carbonyl (C=O) groups is 2. The number of aliphatic hydroxyl groups excluding tert-OH is 1. The van der Waals surface area contributed by atoms with Gasteiger partial charge in [0.25, 0.3) is 0 Å². The van der Waals surface area contributed by atoms with Gasteiger partial charge in [-0.1, -0.05) is 20.8 Å². The summed E-state index contributed by atoms with van der Waals surface area (Å²) in [6.45, 7) is 6.95. The number of nitrogens with zero attached hydrogens (tertiary/aromatic N) is 1. The van der Waals surface area contributed by atoms with E-state index in [1.165, 1.54) is 36.2 Å². The number of ether oxygens (including phenoxy) is 1. The van der Waals surface area contributed by atoms with Crippen molar-refractivity contribution in [3.8, 4) is 0 Å². The number of aliphatic hydroxyl groups is 1. The van der Waals surface area contributed by atoms with Gasteiger partial charge in [0.15, 0.2) is 0 Å². The van der Waals surface area contributed by atoms with E-state index in [1.54, 1.807) is 0 Å². The van der Waals surface area contributed by atoms with Gasteiger partial charge in [0, 0.05) is 16.8 Å². The monoisotopic (exact) mass is 489 g/mol. The van der Waals surface area contributed by atoms with Crippen molar-refractivity contribution in [1.29, 1.82) is 0 Å². The maximum absolute atomic E-state index is 14.0.